The highest BCUT2D eigenvalue weighted by Gasteiger charge is 2.60. The van der Waals surface area contributed by atoms with Crippen LogP contribution in [-0.4, -0.2) is 14.4 Å². The summed E-state index contributed by atoms with van der Waals surface area (Å²) in [6, 6.07) is 0. The third-order valence-corrected chi connectivity index (χ3v) is 9.46. The predicted octanol–water partition coefficient (Wildman–Crippen LogP) is 3.81. The highest BCUT2D eigenvalue weighted by atomic mass is 28.4. The molecule has 2 aliphatic carbocycles. The molecule has 2 aliphatic rings. The highest BCUT2D eigenvalue weighted by molar-refractivity contribution is 6.74. The van der Waals surface area contributed by atoms with Crippen LogP contribution in [0.1, 0.15) is 40.0 Å². The molecule has 0 aliphatic heterocycles. The first-order valence-corrected chi connectivity index (χ1v) is 9.27. The molecule has 0 N–H and O–H groups in total. The average Bonchev–Trinajstić information content (AvgIpc) is 2.67. The van der Waals surface area contributed by atoms with E-state index in [2.05, 4.69) is 39.8 Å². The first-order valence-electron chi connectivity index (χ1n) is 6.36. The van der Waals surface area contributed by atoms with E-state index in [0.717, 1.165) is 12.3 Å². The molecule has 0 heterocycles. The summed E-state index contributed by atoms with van der Waals surface area (Å²) in [5.74, 6) is 3.77. The van der Waals surface area contributed by atoms with Crippen LogP contribution < -0.4 is 0 Å². The zero-order chi connectivity index (χ0) is 12.2. The number of hydrogen-bond donors (Lipinski definition) is 0. The van der Waals surface area contributed by atoms with Crippen molar-refractivity contribution in [2.45, 2.75) is 64.3 Å². The van der Waals surface area contributed by atoms with Crippen molar-refractivity contribution in [3.05, 3.63) is 0 Å². The normalized spacial score (nSPS) is 38.0. The minimum Gasteiger partial charge on any atom is -0.414 e. The van der Waals surface area contributed by atoms with Gasteiger partial charge in [-0.15, -0.1) is 6.42 Å². The Morgan fingerprint density at radius 1 is 1.31 bits per heavy atom. The SMILES string of the molecule is C#C[C@@]12C[C@@H](O[Si](C)(C)C(C)(C)C)C[C@@H]1C2. The van der Waals surface area contributed by atoms with Crippen LogP contribution in [0.25, 0.3) is 0 Å². The Labute approximate surface area is 101 Å². The molecule has 3 atom stereocenters. The summed E-state index contributed by atoms with van der Waals surface area (Å²) in [7, 11) is -1.59. The fourth-order valence-corrected chi connectivity index (χ4v) is 4.03. The lowest BCUT2D eigenvalue weighted by atomic mass is 10.1. The second-order valence-corrected chi connectivity index (χ2v) is 11.9. The number of terminal acetylenes is 1. The van der Waals surface area contributed by atoms with Crippen molar-refractivity contribution in [1.82, 2.24) is 0 Å². The zero-order valence-corrected chi connectivity index (χ0v) is 12.3. The van der Waals surface area contributed by atoms with Gasteiger partial charge >= 0.3 is 0 Å². The molecule has 0 saturated heterocycles. The van der Waals surface area contributed by atoms with Gasteiger partial charge in [-0.1, -0.05) is 26.7 Å². The number of hydrogen-bond acceptors (Lipinski definition) is 1. The van der Waals surface area contributed by atoms with E-state index in [4.69, 9.17) is 10.8 Å². The van der Waals surface area contributed by atoms with Gasteiger partial charge in [0.25, 0.3) is 0 Å². The maximum absolute atomic E-state index is 6.43. The maximum Gasteiger partial charge on any atom is 0.192 e. The van der Waals surface area contributed by atoms with E-state index in [1.807, 2.05) is 0 Å². The standard InChI is InChI=1S/C14H24OSi/c1-7-14-9-11(14)8-12(10-14)15-16(5,6)13(2,3)4/h1,11-12H,8-10H2,2-6H3/t11-,12+,14-/m1/s1. The lowest BCUT2D eigenvalue weighted by Gasteiger charge is -2.39. The summed E-state index contributed by atoms with van der Waals surface area (Å²) >= 11 is 0. The van der Waals surface area contributed by atoms with Crippen LogP contribution in [0.2, 0.25) is 18.1 Å². The lowest BCUT2D eigenvalue weighted by molar-refractivity contribution is 0.170. The molecule has 0 aromatic heterocycles. The third kappa shape index (κ3) is 1.85. The van der Waals surface area contributed by atoms with Gasteiger partial charge in [0.2, 0.25) is 0 Å². The molecule has 0 amide bonds. The van der Waals surface area contributed by atoms with Gasteiger partial charge in [-0.3, -0.25) is 0 Å². The maximum atomic E-state index is 6.43. The van der Waals surface area contributed by atoms with Crippen molar-refractivity contribution in [3.8, 4) is 12.3 Å². The number of fused-ring (bicyclic) bond motifs is 1. The second kappa shape index (κ2) is 3.37. The monoisotopic (exact) mass is 236 g/mol. The fourth-order valence-electron chi connectivity index (χ4n) is 2.67. The average molecular weight is 236 g/mol. The number of rotatable bonds is 2. The van der Waals surface area contributed by atoms with Crippen molar-refractivity contribution in [1.29, 1.82) is 0 Å². The van der Waals surface area contributed by atoms with Gasteiger partial charge in [0.1, 0.15) is 0 Å². The van der Waals surface area contributed by atoms with Crippen molar-refractivity contribution in [2.24, 2.45) is 11.3 Å². The minimum atomic E-state index is -1.59. The van der Waals surface area contributed by atoms with Crippen molar-refractivity contribution < 1.29 is 4.43 Å². The van der Waals surface area contributed by atoms with E-state index < -0.39 is 8.32 Å². The topological polar surface area (TPSA) is 9.23 Å². The van der Waals surface area contributed by atoms with Gasteiger partial charge in [0.05, 0.1) is 0 Å². The molecule has 2 saturated carbocycles. The molecule has 16 heavy (non-hydrogen) atoms. The van der Waals surface area contributed by atoms with Crippen LogP contribution >= 0.6 is 0 Å². The van der Waals surface area contributed by atoms with E-state index in [-0.39, 0.29) is 5.41 Å². The van der Waals surface area contributed by atoms with Crippen LogP contribution in [0.4, 0.5) is 0 Å². The summed E-state index contributed by atoms with van der Waals surface area (Å²) < 4.78 is 6.43. The van der Waals surface area contributed by atoms with Crippen LogP contribution in [0.5, 0.6) is 0 Å². The van der Waals surface area contributed by atoms with Gasteiger partial charge in [-0.2, -0.15) is 0 Å². The summed E-state index contributed by atoms with van der Waals surface area (Å²) in [6.07, 6.45) is 9.64. The molecule has 2 heteroatoms. The first-order chi connectivity index (χ1) is 7.20. The molecule has 2 fully saturated rings. The molecule has 0 bridgehead atoms. The van der Waals surface area contributed by atoms with Gasteiger partial charge in [0.15, 0.2) is 8.32 Å². The Balaban J connectivity index is 1.97. The van der Waals surface area contributed by atoms with Gasteiger partial charge in [-0.25, -0.2) is 0 Å². The van der Waals surface area contributed by atoms with Crippen molar-refractivity contribution >= 4 is 8.32 Å². The smallest absolute Gasteiger partial charge is 0.192 e. The van der Waals surface area contributed by atoms with E-state index in [0.29, 0.717) is 11.1 Å². The van der Waals surface area contributed by atoms with Gasteiger partial charge < -0.3 is 4.43 Å². The summed E-state index contributed by atoms with van der Waals surface area (Å²) in [5, 5.41) is 0.309. The molecule has 0 radical (unpaired) electrons. The van der Waals surface area contributed by atoms with E-state index in [1.165, 1.54) is 12.8 Å². The molecule has 2 rings (SSSR count). The molecular formula is C14H24OSi. The minimum absolute atomic E-state index is 0.243. The van der Waals surface area contributed by atoms with Crippen LogP contribution in [0.15, 0.2) is 0 Å². The highest BCUT2D eigenvalue weighted by Crippen LogP contribution is 2.64. The lowest BCUT2D eigenvalue weighted by Crippen LogP contribution is -2.43. The molecular weight excluding hydrogens is 212 g/mol. The summed E-state index contributed by atoms with van der Waals surface area (Å²) in [6.45, 7) is 11.6. The quantitative estimate of drug-likeness (QED) is 0.523. The first kappa shape index (κ1) is 12.2. The molecule has 0 aromatic carbocycles. The predicted molar refractivity (Wildman–Crippen MR) is 70.7 cm³/mol. The molecule has 0 unspecified atom stereocenters. The van der Waals surface area contributed by atoms with Crippen molar-refractivity contribution in [2.75, 3.05) is 0 Å². The zero-order valence-electron chi connectivity index (χ0n) is 11.3. The largest absolute Gasteiger partial charge is 0.414 e. The van der Waals surface area contributed by atoms with Crippen molar-refractivity contribution in [3.63, 3.8) is 0 Å². The fraction of sp³-hybridized carbons (Fsp3) is 0.857. The Morgan fingerprint density at radius 3 is 2.38 bits per heavy atom. The Hall–Kier alpha value is -0.263. The molecule has 90 valence electrons. The van der Waals surface area contributed by atoms with Crippen LogP contribution in [0.3, 0.4) is 0 Å². The summed E-state index contributed by atoms with van der Waals surface area (Å²) in [5.41, 5.74) is 0.243. The van der Waals surface area contributed by atoms with E-state index >= 15 is 0 Å². The van der Waals surface area contributed by atoms with Crippen LogP contribution in [0, 0.1) is 23.7 Å². The van der Waals surface area contributed by atoms with Gasteiger partial charge in [-0.05, 0) is 43.3 Å². The Bertz CT molecular complexity index is 334. The summed E-state index contributed by atoms with van der Waals surface area (Å²) in [4.78, 5) is 0. The van der Waals surface area contributed by atoms with Gasteiger partial charge in [0, 0.05) is 11.5 Å². The van der Waals surface area contributed by atoms with E-state index in [9.17, 15) is 0 Å². The molecule has 0 aromatic rings. The Morgan fingerprint density at radius 2 is 1.94 bits per heavy atom. The Kier molecular flexibility index (Phi) is 2.57. The van der Waals surface area contributed by atoms with Crippen LogP contribution in [-0.2, 0) is 4.43 Å². The van der Waals surface area contributed by atoms with E-state index in [1.54, 1.807) is 0 Å². The second-order valence-electron chi connectivity index (χ2n) is 7.14. The molecule has 0 spiro atoms. The molecule has 1 nitrogen and oxygen atoms in total. The third-order valence-electron chi connectivity index (χ3n) is 4.93.